The van der Waals surface area contributed by atoms with Crippen LogP contribution >= 0.6 is 0 Å². The molecule has 1 aliphatic rings. The zero-order chi connectivity index (χ0) is 17.3. The highest BCUT2D eigenvalue weighted by Gasteiger charge is 2.64. The molecule has 1 aliphatic carbocycles. The Morgan fingerprint density at radius 2 is 2.08 bits per heavy atom. The van der Waals surface area contributed by atoms with Gasteiger partial charge in [0.2, 0.25) is 0 Å². The number of aryl methyl sites for hydroxylation is 2. The van der Waals surface area contributed by atoms with Crippen LogP contribution < -0.4 is 4.74 Å². The SMILES string of the molecule is CCOC(=O)[C@]1(c2cc(C)ccc2OC)C[C@H]1c1ccc(C)nc1. The molecule has 0 saturated heterocycles. The molecule has 2 atom stereocenters. The smallest absolute Gasteiger partial charge is 0.317 e. The minimum atomic E-state index is -0.676. The fourth-order valence-corrected chi connectivity index (χ4v) is 3.41. The van der Waals surface area contributed by atoms with Gasteiger partial charge in [-0.2, -0.15) is 0 Å². The maximum Gasteiger partial charge on any atom is 0.317 e. The van der Waals surface area contributed by atoms with Crippen molar-refractivity contribution in [2.24, 2.45) is 0 Å². The van der Waals surface area contributed by atoms with Crippen LogP contribution in [0.5, 0.6) is 5.75 Å². The van der Waals surface area contributed by atoms with Gasteiger partial charge in [-0.1, -0.05) is 23.8 Å². The van der Waals surface area contributed by atoms with Crippen molar-refractivity contribution < 1.29 is 14.3 Å². The zero-order valence-electron chi connectivity index (χ0n) is 14.6. The number of aromatic nitrogens is 1. The molecule has 126 valence electrons. The van der Waals surface area contributed by atoms with Gasteiger partial charge in [-0.3, -0.25) is 9.78 Å². The van der Waals surface area contributed by atoms with Crippen LogP contribution in [-0.2, 0) is 14.9 Å². The number of ether oxygens (including phenoxy) is 2. The molecule has 1 fully saturated rings. The predicted molar refractivity (Wildman–Crippen MR) is 92.4 cm³/mol. The van der Waals surface area contributed by atoms with Crippen LogP contribution in [0.4, 0.5) is 0 Å². The normalized spacial score (nSPS) is 22.1. The van der Waals surface area contributed by atoms with Crippen molar-refractivity contribution >= 4 is 5.97 Å². The van der Waals surface area contributed by atoms with Crippen LogP contribution in [0.3, 0.4) is 0 Å². The molecule has 0 radical (unpaired) electrons. The van der Waals surface area contributed by atoms with E-state index in [2.05, 4.69) is 11.1 Å². The number of hydrogen-bond acceptors (Lipinski definition) is 4. The number of methoxy groups -OCH3 is 1. The third-order valence-electron chi connectivity index (χ3n) is 4.77. The third-order valence-corrected chi connectivity index (χ3v) is 4.77. The highest BCUT2D eigenvalue weighted by Crippen LogP contribution is 2.63. The number of rotatable bonds is 5. The Bertz CT molecular complexity index is 754. The lowest BCUT2D eigenvalue weighted by Gasteiger charge is -2.20. The minimum absolute atomic E-state index is 0.0698. The van der Waals surface area contributed by atoms with Gasteiger partial charge in [-0.05, 0) is 44.9 Å². The van der Waals surface area contributed by atoms with Crippen LogP contribution in [0.2, 0.25) is 0 Å². The van der Waals surface area contributed by atoms with Gasteiger partial charge in [-0.15, -0.1) is 0 Å². The number of nitrogens with zero attached hydrogens (tertiary/aromatic N) is 1. The van der Waals surface area contributed by atoms with Crippen LogP contribution in [-0.4, -0.2) is 24.7 Å². The van der Waals surface area contributed by atoms with E-state index in [1.807, 2.05) is 51.2 Å². The first-order chi connectivity index (χ1) is 11.5. The molecule has 2 aromatic rings. The summed E-state index contributed by atoms with van der Waals surface area (Å²) in [7, 11) is 1.64. The van der Waals surface area contributed by atoms with Gasteiger partial charge < -0.3 is 9.47 Å². The van der Waals surface area contributed by atoms with Gasteiger partial charge in [-0.25, -0.2) is 0 Å². The van der Waals surface area contributed by atoms with E-state index in [0.29, 0.717) is 6.61 Å². The summed E-state index contributed by atoms with van der Waals surface area (Å²) in [5.74, 6) is 0.621. The molecular formula is C20H23NO3. The number of pyridine rings is 1. The number of hydrogen-bond donors (Lipinski definition) is 0. The molecule has 24 heavy (non-hydrogen) atoms. The molecule has 1 saturated carbocycles. The summed E-state index contributed by atoms with van der Waals surface area (Å²) in [6, 6.07) is 9.99. The Labute approximate surface area is 142 Å². The largest absolute Gasteiger partial charge is 0.496 e. The second kappa shape index (κ2) is 6.27. The van der Waals surface area contributed by atoms with Gasteiger partial charge in [0.1, 0.15) is 11.2 Å². The number of carbonyl (C=O) groups excluding carboxylic acids is 1. The summed E-state index contributed by atoms with van der Waals surface area (Å²) in [5, 5.41) is 0. The third kappa shape index (κ3) is 2.66. The molecule has 1 aromatic carbocycles. The van der Waals surface area contributed by atoms with E-state index < -0.39 is 5.41 Å². The van der Waals surface area contributed by atoms with E-state index in [9.17, 15) is 4.79 Å². The van der Waals surface area contributed by atoms with Crippen molar-refractivity contribution in [3.63, 3.8) is 0 Å². The molecule has 4 nitrogen and oxygen atoms in total. The van der Waals surface area contributed by atoms with E-state index in [4.69, 9.17) is 9.47 Å². The van der Waals surface area contributed by atoms with Gasteiger partial charge in [0.15, 0.2) is 0 Å². The molecule has 0 bridgehead atoms. The summed E-state index contributed by atoms with van der Waals surface area (Å²) in [4.78, 5) is 17.2. The Kier molecular flexibility index (Phi) is 4.31. The summed E-state index contributed by atoms with van der Waals surface area (Å²) >= 11 is 0. The van der Waals surface area contributed by atoms with Crippen LogP contribution in [0, 0.1) is 13.8 Å². The molecule has 0 N–H and O–H groups in total. The molecular weight excluding hydrogens is 302 g/mol. The molecule has 0 spiro atoms. The highest BCUT2D eigenvalue weighted by molar-refractivity contribution is 5.90. The summed E-state index contributed by atoms with van der Waals surface area (Å²) in [6.45, 7) is 6.18. The Balaban J connectivity index is 2.08. The van der Waals surface area contributed by atoms with Crippen molar-refractivity contribution in [1.82, 2.24) is 4.98 Å². The Morgan fingerprint density at radius 1 is 1.29 bits per heavy atom. The number of carbonyl (C=O) groups is 1. The number of esters is 1. The Hall–Kier alpha value is -2.36. The van der Waals surface area contributed by atoms with E-state index in [0.717, 1.165) is 34.6 Å². The zero-order valence-corrected chi connectivity index (χ0v) is 14.6. The van der Waals surface area contributed by atoms with Crippen molar-refractivity contribution in [1.29, 1.82) is 0 Å². The van der Waals surface area contributed by atoms with E-state index in [1.54, 1.807) is 7.11 Å². The van der Waals surface area contributed by atoms with Gasteiger partial charge >= 0.3 is 5.97 Å². The maximum absolute atomic E-state index is 12.9. The standard InChI is InChI=1S/C20H23NO3/c1-5-24-19(22)20(16-10-13(2)6-9-18(16)23-4)11-17(20)15-8-7-14(3)21-12-15/h6-10,12,17H,5,11H2,1-4H3/t17-,20-/m0/s1. The first-order valence-corrected chi connectivity index (χ1v) is 8.27. The summed E-state index contributed by atoms with van der Waals surface area (Å²) in [6.07, 6.45) is 2.58. The van der Waals surface area contributed by atoms with Crippen molar-refractivity contribution in [2.45, 2.75) is 38.5 Å². The average Bonchev–Trinajstić information content (AvgIpc) is 3.32. The van der Waals surface area contributed by atoms with E-state index in [-0.39, 0.29) is 11.9 Å². The fourth-order valence-electron chi connectivity index (χ4n) is 3.41. The lowest BCUT2D eigenvalue weighted by molar-refractivity contribution is -0.146. The average molecular weight is 325 g/mol. The second-order valence-corrected chi connectivity index (χ2v) is 6.39. The monoisotopic (exact) mass is 325 g/mol. The van der Waals surface area contributed by atoms with Crippen LogP contribution in [0.25, 0.3) is 0 Å². The number of benzene rings is 1. The first kappa shape index (κ1) is 16.5. The van der Waals surface area contributed by atoms with Gasteiger partial charge in [0.05, 0.1) is 13.7 Å². The fraction of sp³-hybridized carbons (Fsp3) is 0.400. The van der Waals surface area contributed by atoms with Crippen molar-refractivity contribution in [3.05, 3.63) is 58.9 Å². The van der Waals surface area contributed by atoms with Crippen LogP contribution in [0.1, 0.15) is 41.6 Å². The highest BCUT2D eigenvalue weighted by atomic mass is 16.5. The predicted octanol–water partition coefficient (Wildman–Crippen LogP) is 3.70. The van der Waals surface area contributed by atoms with Gasteiger partial charge in [0, 0.05) is 23.4 Å². The minimum Gasteiger partial charge on any atom is -0.496 e. The van der Waals surface area contributed by atoms with Crippen molar-refractivity contribution in [3.8, 4) is 5.75 Å². The second-order valence-electron chi connectivity index (χ2n) is 6.39. The lowest BCUT2D eigenvalue weighted by atomic mass is 9.89. The molecule has 0 unspecified atom stereocenters. The molecule has 1 aromatic heterocycles. The molecule has 1 heterocycles. The summed E-state index contributed by atoms with van der Waals surface area (Å²) in [5.41, 5.74) is 3.37. The molecule has 0 amide bonds. The van der Waals surface area contributed by atoms with Crippen LogP contribution in [0.15, 0.2) is 36.5 Å². The quantitative estimate of drug-likeness (QED) is 0.787. The maximum atomic E-state index is 12.9. The molecule has 0 aliphatic heterocycles. The molecule has 3 rings (SSSR count). The topological polar surface area (TPSA) is 48.4 Å². The molecule has 4 heteroatoms. The van der Waals surface area contributed by atoms with Gasteiger partial charge in [0.25, 0.3) is 0 Å². The van der Waals surface area contributed by atoms with Crippen molar-refractivity contribution in [2.75, 3.05) is 13.7 Å². The first-order valence-electron chi connectivity index (χ1n) is 8.27. The van der Waals surface area contributed by atoms with E-state index in [1.165, 1.54) is 0 Å². The van der Waals surface area contributed by atoms with E-state index >= 15 is 0 Å². The Morgan fingerprint density at radius 3 is 2.71 bits per heavy atom. The lowest BCUT2D eigenvalue weighted by Crippen LogP contribution is -2.26. The summed E-state index contributed by atoms with van der Waals surface area (Å²) < 4.78 is 11.0.